The maximum Gasteiger partial charge on any atom is 0.303 e. The van der Waals surface area contributed by atoms with Crippen molar-refractivity contribution in [1.82, 2.24) is 0 Å². The van der Waals surface area contributed by atoms with Crippen molar-refractivity contribution in [2.45, 2.75) is 71.3 Å². The lowest BCUT2D eigenvalue weighted by Crippen LogP contribution is -2.21. The van der Waals surface area contributed by atoms with Crippen LogP contribution in [-0.4, -0.2) is 40.6 Å². The first-order valence-corrected chi connectivity index (χ1v) is 13.7. The summed E-state index contributed by atoms with van der Waals surface area (Å²) in [7, 11) is 0. The molecular formula is C33H38O5. The van der Waals surface area contributed by atoms with E-state index in [0.29, 0.717) is 5.75 Å². The van der Waals surface area contributed by atoms with E-state index < -0.39 is 12.1 Å². The van der Waals surface area contributed by atoms with E-state index in [4.69, 9.17) is 9.84 Å². The number of aliphatic hydroxyl groups is 2. The van der Waals surface area contributed by atoms with Crippen molar-refractivity contribution in [2.75, 3.05) is 13.2 Å². The van der Waals surface area contributed by atoms with Crippen molar-refractivity contribution in [2.24, 2.45) is 5.41 Å². The van der Waals surface area contributed by atoms with E-state index in [-0.39, 0.29) is 31.0 Å². The molecule has 3 aromatic carbocycles. The van der Waals surface area contributed by atoms with Gasteiger partial charge < -0.3 is 20.1 Å². The SMILES string of the molecule is Cc1cc(OC[C@H](O)CO)cc(C)c1-c1cccc(CCc2ccc3c(c2)CC2(CC2)C3CC(=O)O)c1C. The average molecular weight is 515 g/mol. The summed E-state index contributed by atoms with van der Waals surface area (Å²) in [6, 6.07) is 17.2. The first-order chi connectivity index (χ1) is 18.2. The molecule has 0 saturated heterocycles. The van der Waals surface area contributed by atoms with Crippen LogP contribution >= 0.6 is 0 Å². The number of rotatable bonds is 10. The summed E-state index contributed by atoms with van der Waals surface area (Å²) < 4.78 is 5.69. The Balaban J connectivity index is 1.33. The monoisotopic (exact) mass is 514 g/mol. The van der Waals surface area contributed by atoms with E-state index in [1.807, 2.05) is 12.1 Å². The third kappa shape index (κ3) is 5.23. The van der Waals surface area contributed by atoms with Gasteiger partial charge in [0, 0.05) is 5.92 Å². The van der Waals surface area contributed by atoms with Crippen molar-refractivity contribution in [3.05, 3.63) is 87.5 Å². The lowest BCUT2D eigenvalue weighted by molar-refractivity contribution is -0.137. The third-order valence-electron chi connectivity index (χ3n) is 8.69. The maximum absolute atomic E-state index is 11.5. The summed E-state index contributed by atoms with van der Waals surface area (Å²) in [4.78, 5) is 11.5. The van der Waals surface area contributed by atoms with Crippen LogP contribution in [0.25, 0.3) is 11.1 Å². The normalized spacial score (nSPS) is 17.9. The van der Waals surface area contributed by atoms with E-state index in [2.05, 4.69) is 57.2 Å². The fraction of sp³-hybridized carbons (Fsp3) is 0.424. The van der Waals surface area contributed by atoms with Gasteiger partial charge in [-0.3, -0.25) is 4.79 Å². The molecule has 5 heteroatoms. The number of aryl methyl sites for hydroxylation is 4. The van der Waals surface area contributed by atoms with Crippen LogP contribution in [0, 0.1) is 26.2 Å². The van der Waals surface area contributed by atoms with Gasteiger partial charge in [0.05, 0.1) is 13.0 Å². The molecule has 1 unspecified atom stereocenters. The Labute approximate surface area is 225 Å². The van der Waals surface area contributed by atoms with Crippen LogP contribution in [0.4, 0.5) is 0 Å². The molecule has 3 N–H and O–H groups in total. The van der Waals surface area contributed by atoms with Crippen LogP contribution in [-0.2, 0) is 24.1 Å². The largest absolute Gasteiger partial charge is 0.491 e. The highest BCUT2D eigenvalue weighted by Gasteiger charge is 2.54. The van der Waals surface area contributed by atoms with Crippen molar-refractivity contribution < 1.29 is 24.9 Å². The molecule has 1 spiro atoms. The molecule has 1 saturated carbocycles. The molecule has 0 aromatic heterocycles. The van der Waals surface area contributed by atoms with Gasteiger partial charge in [-0.1, -0.05) is 36.4 Å². The molecule has 2 aliphatic rings. The van der Waals surface area contributed by atoms with Crippen molar-refractivity contribution >= 4 is 5.97 Å². The Bertz CT molecular complexity index is 1330. The van der Waals surface area contributed by atoms with Gasteiger partial charge in [-0.15, -0.1) is 0 Å². The highest BCUT2D eigenvalue weighted by Crippen LogP contribution is 2.64. The molecule has 200 valence electrons. The minimum absolute atomic E-state index is 0.0626. The fourth-order valence-electron chi connectivity index (χ4n) is 6.51. The first-order valence-electron chi connectivity index (χ1n) is 13.7. The van der Waals surface area contributed by atoms with Crippen LogP contribution < -0.4 is 4.74 Å². The molecule has 38 heavy (non-hydrogen) atoms. The summed E-state index contributed by atoms with van der Waals surface area (Å²) in [5, 5.41) is 28.1. The quantitative estimate of drug-likeness (QED) is 0.324. The minimum Gasteiger partial charge on any atom is -0.491 e. The number of ether oxygens (including phenoxy) is 1. The second-order valence-corrected chi connectivity index (χ2v) is 11.4. The molecule has 5 rings (SSSR count). The van der Waals surface area contributed by atoms with Gasteiger partial charge in [0.15, 0.2) is 0 Å². The number of aliphatic carboxylic acids is 1. The zero-order valence-electron chi connectivity index (χ0n) is 22.6. The second kappa shape index (κ2) is 10.5. The summed E-state index contributed by atoms with van der Waals surface area (Å²) in [6.07, 6.45) is 4.58. The van der Waals surface area contributed by atoms with Crippen molar-refractivity contribution in [1.29, 1.82) is 0 Å². The van der Waals surface area contributed by atoms with Crippen LogP contribution in [0.5, 0.6) is 5.75 Å². The predicted molar refractivity (Wildman–Crippen MR) is 149 cm³/mol. The number of fused-ring (bicyclic) bond motifs is 1. The zero-order chi connectivity index (χ0) is 27.0. The van der Waals surface area contributed by atoms with E-state index >= 15 is 0 Å². The number of carbonyl (C=O) groups is 1. The Kier molecular flexibility index (Phi) is 7.34. The number of carboxylic acids is 1. The topological polar surface area (TPSA) is 87.0 Å². The molecule has 0 heterocycles. The van der Waals surface area contributed by atoms with Crippen LogP contribution in [0.3, 0.4) is 0 Å². The standard InChI is InChI=1S/C33H38O5/c1-20-13-27(38-19-26(35)18-34)14-21(2)32(20)28-6-4-5-24(22(28)3)9-7-23-8-10-29-25(15-23)17-33(11-12-33)30(29)16-31(36)37/h4-6,8,10,13-15,26,30,34-35H,7,9,11-12,16-19H2,1-3H3,(H,36,37)/t26-,30?/m1/s1. The van der Waals surface area contributed by atoms with Crippen molar-refractivity contribution in [3.63, 3.8) is 0 Å². The highest BCUT2D eigenvalue weighted by atomic mass is 16.5. The molecule has 1 fully saturated rings. The summed E-state index contributed by atoms with van der Waals surface area (Å²) in [5.74, 6) is 0.174. The Hall–Kier alpha value is -3.15. The minimum atomic E-state index is -0.888. The molecule has 0 amide bonds. The number of aliphatic hydroxyl groups excluding tert-OH is 2. The Morgan fingerprint density at radius 3 is 2.45 bits per heavy atom. The summed E-state index contributed by atoms with van der Waals surface area (Å²) >= 11 is 0. The van der Waals surface area contributed by atoms with Gasteiger partial charge in [0.1, 0.15) is 18.5 Å². The molecule has 0 aliphatic heterocycles. The fourth-order valence-corrected chi connectivity index (χ4v) is 6.51. The van der Waals surface area contributed by atoms with Crippen LogP contribution in [0.15, 0.2) is 48.5 Å². The molecule has 2 aliphatic carbocycles. The molecular weight excluding hydrogens is 476 g/mol. The van der Waals surface area contributed by atoms with Gasteiger partial charge in [0.2, 0.25) is 0 Å². The average Bonchev–Trinajstić information content (AvgIpc) is 3.59. The number of carboxylic acid groups (broad SMARTS) is 1. The summed E-state index contributed by atoms with van der Waals surface area (Å²) in [6.45, 7) is 6.10. The van der Waals surface area contributed by atoms with Gasteiger partial charge in [-0.05, 0) is 120 Å². The van der Waals surface area contributed by atoms with E-state index in [1.54, 1.807) is 0 Å². The third-order valence-corrected chi connectivity index (χ3v) is 8.69. The zero-order valence-corrected chi connectivity index (χ0v) is 22.6. The van der Waals surface area contributed by atoms with Gasteiger partial charge in [-0.2, -0.15) is 0 Å². The van der Waals surface area contributed by atoms with E-state index in [0.717, 1.165) is 43.2 Å². The molecule has 3 aromatic rings. The Morgan fingerprint density at radius 2 is 1.79 bits per heavy atom. The molecule has 0 bridgehead atoms. The first kappa shape index (κ1) is 26.5. The predicted octanol–water partition coefficient (Wildman–Crippen LogP) is 5.69. The van der Waals surface area contributed by atoms with Crippen LogP contribution in [0.2, 0.25) is 0 Å². The smallest absolute Gasteiger partial charge is 0.303 e. The highest BCUT2D eigenvalue weighted by molar-refractivity contribution is 5.75. The number of benzene rings is 3. The molecule has 0 radical (unpaired) electrons. The lowest BCUT2D eigenvalue weighted by atomic mass is 9.86. The summed E-state index contributed by atoms with van der Waals surface area (Å²) in [5.41, 5.74) is 11.4. The molecule has 5 nitrogen and oxygen atoms in total. The van der Waals surface area contributed by atoms with Gasteiger partial charge in [-0.25, -0.2) is 0 Å². The van der Waals surface area contributed by atoms with Gasteiger partial charge >= 0.3 is 5.97 Å². The van der Waals surface area contributed by atoms with Crippen molar-refractivity contribution in [3.8, 4) is 16.9 Å². The molecule has 2 atom stereocenters. The van der Waals surface area contributed by atoms with Crippen LogP contribution in [0.1, 0.15) is 64.1 Å². The van der Waals surface area contributed by atoms with E-state index in [9.17, 15) is 15.0 Å². The number of hydrogen-bond acceptors (Lipinski definition) is 4. The number of hydrogen-bond donors (Lipinski definition) is 3. The maximum atomic E-state index is 11.5. The lowest BCUT2D eigenvalue weighted by Gasteiger charge is -2.18. The Morgan fingerprint density at radius 1 is 1.05 bits per heavy atom. The second-order valence-electron chi connectivity index (χ2n) is 11.4. The van der Waals surface area contributed by atoms with E-state index in [1.165, 1.54) is 38.9 Å². The van der Waals surface area contributed by atoms with Gasteiger partial charge in [0.25, 0.3) is 0 Å².